The number of rotatable bonds is 6. The second kappa shape index (κ2) is 6.70. The first kappa shape index (κ1) is 15.7. The molecular formula is C13H20ClN3O2. The number of hydrogen-bond donors (Lipinski definition) is 1. The molecule has 0 radical (unpaired) electrons. The number of aromatic nitrogens is 1. The molecule has 0 aliphatic rings. The van der Waals surface area contributed by atoms with Crippen LogP contribution in [0.15, 0.2) is 12.3 Å². The molecule has 5 nitrogen and oxygen atoms in total. The molecule has 1 rings (SSSR count). The molecule has 0 saturated heterocycles. The topological polar surface area (TPSA) is 68.1 Å². The maximum atomic E-state index is 10.6. The van der Waals surface area contributed by atoms with Crippen LogP contribution in [0.5, 0.6) is 0 Å². The fourth-order valence-corrected chi connectivity index (χ4v) is 2.34. The highest BCUT2D eigenvalue weighted by molar-refractivity contribution is 6.33. The van der Waals surface area contributed by atoms with Gasteiger partial charge in [-0.3, -0.25) is 10.1 Å². The number of nitrogens with one attached hydrogen (secondary N) is 1. The zero-order valence-electron chi connectivity index (χ0n) is 11.7. The van der Waals surface area contributed by atoms with Crippen molar-refractivity contribution in [2.45, 2.75) is 27.7 Å². The number of halogens is 1. The summed E-state index contributed by atoms with van der Waals surface area (Å²) in [4.78, 5) is 14.1. The van der Waals surface area contributed by atoms with E-state index < -0.39 is 4.92 Å². The molecule has 0 aliphatic carbocycles. The summed E-state index contributed by atoms with van der Waals surface area (Å²) in [5, 5.41) is 14.1. The van der Waals surface area contributed by atoms with Gasteiger partial charge in [0.15, 0.2) is 0 Å². The van der Waals surface area contributed by atoms with Crippen molar-refractivity contribution in [3.05, 3.63) is 27.4 Å². The van der Waals surface area contributed by atoms with Crippen molar-refractivity contribution in [2.75, 3.05) is 11.9 Å². The molecule has 1 N–H and O–H groups in total. The van der Waals surface area contributed by atoms with E-state index in [2.05, 4.69) is 38.0 Å². The molecule has 1 heterocycles. The van der Waals surface area contributed by atoms with Gasteiger partial charge in [0.2, 0.25) is 0 Å². The zero-order valence-corrected chi connectivity index (χ0v) is 12.4. The van der Waals surface area contributed by atoms with Gasteiger partial charge in [-0.1, -0.05) is 39.3 Å². The lowest BCUT2D eigenvalue weighted by molar-refractivity contribution is -0.385. The molecule has 0 aliphatic heterocycles. The first-order valence-corrected chi connectivity index (χ1v) is 6.74. The van der Waals surface area contributed by atoms with Crippen LogP contribution in [-0.4, -0.2) is 16.5 Å². The molecule has 1 aromatic heterocycles. The lowest BCUT2D eigenvalue weighted by Gasteiger charge is -2.25. The first-order chi connectivity index (χ1) is 8.82. The molecule has 0 spiro atoms. The monoisotopic (exact) mass is 285 g/mol. The van der Waals surface area contributed by atoms with Crippen LogP contribution in [0.25, 0.3) is 0 Å². The van der Waals surface area contributed by atoms with E-state index in [-0.39, 0.29) is 10.7 Å². The molecule has 0 unspecified atom stereocenters. The fraction of sp³-hybridized carbons (Fsp3) is 0.615. The van der Waals surface area contributed by atoms with E-state index in [0.29, 0.717) is 23.6 Å². The van der Waals surface area contributed by atoms with Crippen molar-refractivity contribution < 1.29 is 4.92 Å². The van der Waals surface area contributed by atoms with Gasteiger partial charge in [0.25, 0.3) is 5.69 Å². The summed E-state index contributed by atoms with van der Waals surface area (Å²) in [5.41, 5.74) is -0.0974. The minimum Gasteiger partial charge on any atom is -0.369 e. The van der Waals surface area contributed by atoms with Crippen molar-refractivity contribution in [3.63, 3.8) is 0 Å². The summed E-state index contributed by atoms with van der Waals surface area (Å²) in [6.45, 7) is 9.46. The standard InChI is InChI=1S/C13H20ClN3O2/c1-8(2)11(9(3)4)7-16-13-12(14)5-10(6-15-13)17(18)19/h5-6,8-9,11H,7H2,1-4H3,(H,15,16). The van der Waals surface area contributed by atoms with Crippen LogP contribution >= 0.6 is 11.6 Å². The van der Waals surface area contributed by atoms with E-state index in [1.807, 2.05) is 0 Å². The van der Waals surface area contributed by atoms with E-state index in [4.69, 9.17) is 11.6 Å². The minimum absolute atomic E-state index is 0.0974. The van der Waals surface area contributed by atoms with Gasteiger partial charge in [0.05, 0.1) is 9.95 Å². The number of hydrogen-bond acceptors (Lipinski definition) is 4. The third-order valence-electron chi connectivity index (χ3n) is 3.26. The quantitative estimate of drug-likeness (QED) is 0.634. The van der Waals surface area contributed by atoms with Crippen LogP contribution in [0.1, 0.15) is 27.7 Å². The second-order valence-corrected chi connectivity index (χ2v) is 5.72. The lowest BCUT2D eigenvalue weighted by Crippen LogP contribution is -2.24. The SMILES string of the molecule is CC(C)C(CNc1ncc([N+](=O)[O-])cc1Cl)C(C)C. The number of nitrogens with zero attached hydrogens (tertiary/aromatic N) is 2. The molecule has 6 heteroatoms. The molecule has 0 bridgehead atoms. The Morgan fingerprint density at radius 3 is 2.37 bits per heavy atom. The summed E-state index contributed by atoms with van der Waals surface area (Å²) in [7, 11) is 0. The van der Waals surface area contributed by atoms with E-state index in [0.717, 1.165) is 6.54 Å². The molecule has 1 aromatic rings. The van der Waals surface area contributed by atoms with Crippen LogP contribution < -0.4 is 5.32 Å². The van der Waals surface area contributed by atoms with Crippen molar-refractivity contribution in [3.8, 4) is 0 Å². The van der Waals surface area contributed by atoms with E-state index >= 15 is 0 Å². The number of nitro groups is 1. The van der Waals surface area contributed by atoms with Gasteiger partial charge in [0.1, 0.15) is 12.0 Å². The Bertz CT molecular complexity index is 442. The number of pyridine rings is 1. The minimum atomic E-state index is -0.506. The van der Waals surface area contributed by atoms with Crippen molar-refractivity contribution in [1.29, 1.82) is 0 Å². The van der Waals surface area contributed by atoms with Crippen LogP contribution in [0.2, 0.25) is 5.02 Å². The predicted octanol–water partition coefficient (Wildman–Crippen LogP) is 3.98. The maximum Gasteiger partial charge on any atom is 0.289 e. The highest BCUT2D eigenvalue weighted by Crippen LogP contribution is 2.26. The Morgan fingerprint density at radius 1 is 1.37 bits per heavy atom. The van der Waals surface area contributed by atoms with Crippen LogP contribution in [0.3, 0.4) is 0 Å². The Hall–Kier alpha value is -1.36. The zero-order chi connectivity index (χ0) is 14.6. The summed E-state index contributed by atoms with van der Waals surface area (Å²) in [6, 6.07) is 1.32. The fourth-order valence-electron chi connectivity index (χ4n) is 2.11. The summed E-state index contributed by atoms with van der Waals surface area (Å²) >= 11 is 5.99. The molecule has 0 atom stereocenters. The average molecular weight is 286 g/mol. The second-order valence-electron chi connectivity index (χ2n) is 5.31. The molecular weight excluding hydrogens is 266 g/mol. The highest BCUT2D eigenvalue weighted by Gasteiger charge is 2.18. The van der Waals surface area contributed by atoms with Crippen LogP contribution in [-0.2, 0) is 0 Å². The largest absolute Gasteiger partial charge is 0.369 e. The maximum absolute atomic E-state index is 10.6. The van der Waals surface area contributed by atoms with Gasteiger partial charge in [-0.2, -0.15) is 0 Å². The van der Waals surface area contributed by atoms with E-state index in [1.54, 1.807) is 0 Å². The first-order valence-electron chi connectivity index (χ1n) is 6.36. The van der Waals surface area contributed by atoms with Gasteiger partial charge >= 0.3 is 0 Å². The molecule has 0 amide bonds. The van der Waals surface area contributed by atoms with Crippen molar-refractivity contribution in [2.24, 2.45) is 17.8 Å². The summed E-state index contributed by atoms with van der Waals surface area (Å²) < 4.78 is 0. The summed E-state index contributed by atoms with van der Waals surface area (Å²) in [5.74, 6) is 2.08. The smallest absolute Gasteiger partial charge is 0.289 e. The Morgan fingerprint density at radius 2 is 1.95 bits per heavy atom. The molecule has 0 aromatic carbocycles. The van der Waals surface area contributed by atoms with Gasteiger partial charge < -0.3 is 5.32 Å². The molecule has 106 valence electrons. The lowest BCUT2D eigenvalue weighted by atomic mass is 9.85. The van der Waals surface area contributed by atoms with Crippen molar-refractivity contribution in [1.82, 2.24) is 4.98 Å². The van der Waals surface area contributed by atoms with Gasteiger partial charge in [-0.25, -0.2) is 4.98 Å². The van der Waals surface area contributed by atoms with Crippen LogP contribution in [0.4, 0.5) is 11.5 Å². The Kier molecular flexibility index (Phi) is 5.54. The summed E-state index contributed by atoms with van der Waals surface area (Å²) in [6.07, 6.45) is 1.22. The number of anilines is 1. The molecule has 0 saturated carbocycles. The molecule has 0 fully saturated rings. The van der Waals surface area contributed by atoms with Gasteiger partial charge in [-0.15, -0.1) is 0 Å². The highest BCUT2D eigenvalue weighted by atomic mass is 35.5. The van der Waals surface area contributed by atoms with Crippen molar-refractivity contribution >= 4 is 23.1 Å². The third-order valence-corrected chi connectivity index (χ3v) is 3.54. The Labute approximate surface area is 118 Å². The van der Waals surface area contributed by atoms with E-state index in [9.17, 15) is 10.1 Å². The van der Waals surface area contributed by atoms with Gasteiger partial charge in [0, 0.05) is 12.6 Å². The normalized spacial score (nSPS) is 11.4. The van der Waals surface area contributed by atoms with Gasteiger partial charge in [-0.05, 0) is 17.8 Å². The van der Waals surface area contributed by atoms with E-state index in [1.165, 1.54) is 12.3 Å². The molecule has 19 heavy (non-hydrogen) atoms. The third kappa shape index (κ3) is 4.35. The Balaban J connectivity index is 2.75. The predicted molar refractivity (Wildman–Crippen MR) is 77.6 cm³/mol. The van der Waals surface area contributed by atoms with Crippen LogP contribution in [0, 0.1) is 27.9 Å². The average Bonchev–Trinajstić information content (AvgIpc) is 2.29.